The van der Waals surface area contributed by atoms with Crippen LogP contribution in [0.3, 0.4) is 0 Å². The first-order valence-corrected chi connectivity index (χ1v) is 7.89. The molecule has 20 heavy (non-hydrogen) atoms. The van der Waals surface area contributed by atoms with Gasteiger partial charge in [0.05, 0.1) is 11.1 Å². The van der Waals surface area contributed by atoms with Crippen molar-refractivity contribution in [2.45, 2.75) is 18.9 Å². The number of nitrogens with zero attached hydrogens (tertiary/aromatic N) is 2. The van der Waals surface area contributed by atoms with Crippen LogP contribution < -0.4 is 5.73 Å². The van der Waals surface area contributed by atoms with Crippen LogP contribution in [0.25, 0.3) is 0 Å². The Labute approximate surface area is 125 Å². The van der Waals surface area contributed by atoms with Gasteiger partial charge in [-0.3, -0.25) is 0 Å². The topological polar surface area (TPSA) is 64.9 Å². The van der Waals surface area contributed by atoms with Crippen LogP contribution in [0.1, 0.15) is 29.7 Å². The molecule has 0 aliphatic heterocycles. The fourth-order valence-corrected chi connectivity index (χ4v) is 2.40. The molecule has 1 aromatic heterocycles. The minimum atomic E-state index is -0.452. The summed E-state index contributed by atoms with van der Waals surface area (Å²) in [5, 5.41) is 3.91. The van der Waals surface area contributed by atoms with Gasteiger partial charge in [0, 0.05) is 6.42 Å². The number of aromatic nitrogens is 2. The van der Waals surface area contributed by atoms with E-state index in [4.69, 9.17) is 21.9 Å². The Hall–Kier alpha value is -1.11. The van der Waals surface area contributed by atoms with Crippen molar-refractivity contribution in [2.75, 3.05) is 12.0 Å². The first-order chi connectivity index (χ1) is 9.61. The average Bonchev–Trinajstić information content (AvgIpc) is 2.90. The van der Waals surface area contributed by atoms with Crippen molar-refractivity contribution < 1.29 is 8.91 Å². The molecule has 7 heteroatoms. The lowest BCUT2D eigenvalue weighted by Gasteiger charge is -2.03. The zero-order valence-electron chi connectivity index (χ0n) is 11.0. The summed E-state index contributed by atoms with van der Waals surface area (Å²) in [6.07, 6.45) is 2.99. The molecule has 1 unspecified atom stereocenters. The SMILES string of the molecule is CSCCC(N)c1nc(Cc2cccc(Cl)c2F)no1. The van der Waals surface area contributed by atoms with Crippen LogP contribution in [0, 0.1) is 5.82 Å². The molecule has 0 bridgehead atoms. The van der Waals surface area contributed by atoms with E-state index in [0.29, 0.717) is 17.3 Å². The molecule has 0 saturated heterocycles. The predicted octanol–water partition coefficient (Wildman–Crippen LogP) is 3.21. The molecule has 2 rings (SSSR count). The standard InChI is InChI=1S/C13H15ClFN3OS/c1-20-6-5-10(16)13-17-11(18-19-13)7-8-3-2-4-9(14)12(8)15/h2-4,10H,5-7,16H2,1H3. The Morgan fingerprint density at radius 2 is 2.30 bits per heavy atom. The molecule has 0 aliphatic rings. The van der Waals surface area contributed by atoms with Gasteiger partial charge in [0.1, 0.15) is 5.82 Å². The van der Waals surface area contributed by atoms with Gasteiger partial charge < -0.3 is 10.3 Å². The van der Waals surface area contributed by atoms with Gasteiger partial charge >= 0.3 is 0 Å². The number of nitrogens with two attached hydrogens (primary N) is 1. The Kier molecular flexibility index (Phi) is 5.39. The Morgan fingerprint density at radius 1 is 1.50 bits per heavy atom. The number of thioether (sulfide) groups is 1. The van der Waals surface area contributed by atoms with E-state index < -0.39 is 5.82 Å². The van der Waals surface area contributed by atoms with Gasteiger partial charge in [-0.25, -0.2) is 4.39 Å². The quantitative estimate of drug-likeness (QED) is 0.886. The third kappa shape index (κ3) is 3.71. The van der Waals surface area contributed by atoms with Crippen molar-refractivity contribution in [3.63, 3.8) is 0 Å². The van der Waals surface area contributed by atoms with E-state index in [9.17, 15) is 4.39 Å². The highest BCUT2D eigenvalue weighted by Gasteiger charge is 2.16. The smallest absolute Gasteiger partial charge is 0.243 e. The molecule has 0 amide bonds. The van der Waals surface area contributed by atoms with Crippen LogP contribution in [0.2, 0.25) is 5.02 Å². The third-order valence-corrected chi connectivity index (χ3v) is 3.75. The van der Waals surface area contributed by atoms with E-state index in [1.165, 1.54) is 6.07 Å². The van der Waals surface area contributed by atoms with Gasteiger partial charge in [-0.05, 0) is 30.1 Å². The van der Waals surface area contributed by atoms with E-state index in [1.807, 2.05) is 6.26 Å². The molecule has 1 heterocycles. The maximum Gasteiger partial charge on any atom is 0.243 e. The van der Waals surface area contributed by atoms with Crippen molar-refractivity contribution in [3.8, 4) is 0 Å². The van der Waals surface area contributed by atoms with Gasteiger partial charge in [-0.15, -0.1) is 0 Å². The predicted molar refractivity (Wildman–Crippen MR) is 78.4 cm³/mol. The second-order valence-corrected chi connectivity index (χ2v) is 5.72. The van der Waals surface area contributed by atoms with E-state index in [-0.39, 0.29) is 17.5 Å². The van der Waals surface area contributed by atoms with Crippen LogP contribution >= 0.6 is 23.4 Å². The van der Waals surface area contributed by atoms with Crippen molar-refractivity contribution in [1.82, 2.24) is 10.1 Å². The highest BCUT2D eigenvalue weighted by Crippen LogP contribution is 2.20. The lowest BCUT2D eigenvalue weighted by atomic mass is 10.1. The molecule has 2 N–H and O–H groups in total. The van der Waals surface area contributed by atoms with Gasteiger partial charge in [-0.2, -0.15) is 16.7 Å². The molecule has 0 fully saturated rings. The summed E-state index contributed by atoms with van der Waals surface area (Å²) < 4.78 is 18.9. The molecule has 0 spiro atoms. The largest absolute Gasteiger partial charge is 0.338 e. The summed E-state index contributed by atoms with van der Waals surface area (Å²) in [6, 6.07) is 4.55. The summed E-state index contributed by atoms with van der Waals surface area (Å²) in [4.78, 5) is 4.21. The lowest BCUT2D eigenvalue weighted by Crippen LogP contribution is -2.11. The van der Waals surface area contributed by atoms with E-state index in [2.05, 4.69) is 10.1 Å². The van der Waals surface area contributed by atoms with Crippen molar-refractivity contribution in [1.29, 1.82) is 0 Å². The maximum absolute atomic E-state index is 13.8. The third-order valence-electron chi connectivity index (χ3n) is 2.81. The second kappa shape index (κ2) is 7.06. The van der Waals surface area contributed by atoms with E-state index >= 15 is 0 Å². The van der Waals surface area contributed by atoms with Gasteiger partial charge in [0.25, 0.3) is 0 Å². The van der Waals surface area contributed by atoms with E-state index in [0.717, 1.165) is 12.2 Å². The Morgan fingerprint density at radius 3 is 3.05 bits per heavy atom. The Bertz CT molecular complexity index is 578. The number of hydrogen-bond donors (Lipinski definition) is 1. The first kappa shape index (κ1) is 15.3. The van der Waals surface area contributed by atoms with Gasteiger partial charge in [0.2, 0.25) is 5.89 Å². The van der Waals surface area contributed by atoms with Crippen LogP contribution in [0.5, 0.6) is 0 Å². The highest BCUT2D eigenvalue weighted by atomic mass is 35.5. The number of hydrogen-bond acceptors (Lipinski definition) is 5. The van der Waals surface area contributed by atoms with Crippen molar-refractivity contribution >= 4 is 23.4 Å². The molecule has 1 atom stereocenters. The number of rotatable bonds is 6. The van der Waals surface area contributed by atoms with Crippen molar-refractivity contribution in [2.24, 2.45) is 5.73 Å². The molecule has 0 aliphatic carbocycles. The lowest BCUT2D eigenvalue weighted by molar-refractivity contribution is 0.349. The summed E-state index contributed by atoms with van der Waals surface area (Å²) in [6.45, 7) is 0. The summed E-state index contributed by atoms with van der Waals surface area (Å²) >= 11 is 7.43. The fourth-order valence-electron chi connectivity index (χ4n) is 1.71. The van der Waals surface area contributed by atoms with Crippen LogP contribution in [-0.2, 0) is 6.42 Å². The summed E-state index contributed by atoms with van der Waals surface area (Å²) in [7, 11) is 0. The van der Waals surface area contributed by atoms with E-state index in [1.54, 1.807) is 23.9 Å². The first-order valence-electron chi connectivity index (χ1n) is 6.11. The zero-order valence-corrected chi connectivity index (χ0v) is 12.5. The van der Waals surface area contributed by atoms with Crippen LogP contribution in [0.15, 0.2) is 22.7 Å². The maximum atomic E-state index is 13.8. The number of benzene rings is 1. The molecule has 2 aromatic rings. The molecular weight excluding hydrogens is 301 g/mol. The molecule has 4 nitrogen and oxygen atoms in total. The highest BCUT2D eigenvalue weighted by molar-refractivity contribution is 7.98. The molecule has 108 valence electrons. The zero-order chi connectivity index (χ0) is 14.5. The molecule has 1 aromatic carbocycles. The van der Waals surface area contributed by atoms with Crippen molar-refractivity contribution in [3.05, 3.63) is 46.3 Å². The molecule has 0 saturated carbocycles. The molecule has 0 radical (unpaired) electrons. The normalized spacial score (nSPS) is 12.6. The van der Waals surface area contributed by atoms with Crippen LogP contribution in [-0.4, -0.2) is 22.1 Å². The monoisotopic (exact) mass is 315 g/mol. The summed E-state index contributed by atoms with van der Waals surface area (Å²) in [5.74, 6) is 1.26. The molecular formula is C13H15ClFN3OS. The average molecular weight is 316 g/mol. The van der Waals surface area contributed by atoms with Gasteiger partial charge in [0.15, 0.2) is 5.82 Å². The number of halogens is 2. The minimum absolute atomic E-state index is 0.0860. The minimum Gasteiger partial charge on any atom is -0.338 e. The fraction of sp³-hybridized carbons (Fsp3) is 0.385. The van der Waals surface area contributed by atoms with Gasteiger partial charge in [-0.1, -0.05) is 28.9 Å². The summed E-state index contributed by atoms with van der Waals surface area (Å²) in [5.41, 5.74) is 6.37. The van der Waals surface area contributed by atoms with Crippen LogP contribution in [0.4, 0.5) is 4.39 Å². The Balaban J connectivity index is 2.07. The second-order valence-electron chi connectivity index (χ2n) is 4.33.